The number of amides is 2. The fourth-order valence-electron chi connectivity index (χ4n) is 2.29. The lowest BCUT2D eigenvalue weighted by molar-refractivity contribution is 0.0635. The van der Waals surface area contributed by atoms with Crippen molar-refractivity contribution in [1.29, 1.82) is 0 Å². The third kappa shape index (κ3) is 5.99. The zero-order chi connectivity index (χ0) is 18.4. The van der Waals surface area contributed by atoms with E-state index in [1.807, 2.05) is 52.0 Å². The molecule has 0 aliphatic rings. The van der Waals surface area contributed by atoms with Gasteiger partial charge < -0.3 is 15.0 Å². The van der Waals surface area contributed by atoms with E-state index < -0.39 is 11.7 Å². The SMILES string of the molecule is Cc1[nH]ccc1C(=O)NCCc1ccc(NC(=O)OC(C)(C)C)cc1. The molecule has 0 fully saturated rings. The molecule has 0 spiro atoms. The number of H-pyrrole nitrogens is 1. The highest BCUT2D eigenvalue weighted by atomic mass is 16.6. The zero-order valence-electron chi connectivity index (χ0n) is 15.1. The van der Waals surface area contributed by atoms with Crippen molar-refractivity contribution >= 4 is 17.7 Å². The highest BCUT2D eigenvalue weighted by Crippen LogP contribution is 2.13. The van der Waals surface area contributed by atoms with Gasteiger partial charge in [-0.25, -0.2) is 4.79 Å². The van der Waals surface area contributed by atoms with Gasteiger partial charge in [-0.05, 0) is 57.9 Å². The van der Waals surface area contributed by atoms with Crippen molar-refractivity contribution in [2.24, 2.45) is 0 Å². The minimum Gasteiger partial charge on any atom is -0.444 e. The van der Waals surface area contributed by atoms with Crippen molar-refractivity contribution in [3.05, 3.63) is 53.3 Å². The number of aryl methyl sites for hydroxylation is 1. The largest absolute Gasteiger partial charge is 0.444 e. The molecule has 134 valence electrons. The van der Waals surface area contributed by atoms with Gasteiger partial charge in [-0.15, -0.1) is 0 Å². The van der Waals surface area contributed by atoms with Crippen molar-refractivity contribution in [3.8, 4) is 0 Å². The number of anilines is 1. The van der Waals surface area contributed by atoms with Gasteiger partial charge in [-0.3, -0.25) is 10.1 Å². The van der Waals surface area contributed by atoms with Crippen LogP contribution in [0.3, 0.4) is 0 Å². The van der Waals surface area contributed by atoms with Gasteiger partial charge in [-0.2, -0.15) is 0 Å². The molecule has 0 aliphatic carbocycles. The molecule has 3 N–H and O–H groups in total. The van der Waals surface area contributed by atoms with Crippen LogP contribution in [0.5, 0.6) is 0 Å². The van der Waals surface area contributed by atoms with E-state index in [1.165, 1.54) is 0 Å². The second-order valence-corrected chi connectivity index (χ2v) is 6.85. The van der Waals surface area contributed by atoms with Crippen LogP contribution in [-0.2, 0) is 11.2 Å². The van der Waals surface area contributed by atoms with E-state index >= 15 is 0 Å². The number of nitrogens with one attached hydrogen (secondary N) is 3. The number of carbonyl (C=O) groups excluding carboxylic acids is 2. The van der Waals surface area contributed by atoms with Crippen LogP contribution >= 0.6 is 0 Å². The van der Waals surface area contributed by atoms with Crippen LogP contribution in [-0.4, -0.2) is 29.1 Å². The minimum absolute atomic E-state index is 0.0815. The normalized spacial score (nSPS) is 11.0. The second-order valence-electron chi connectivity index (χ2n) is 6.85. The van der Waals surface area contributed by atoms with Crippen molar-refractivity contribution in [1.82, 2.24) is 10.3 Å². The Morgan fingerprint density at radius 3 is 2.36 bits per heavy atom. The summed E-state index contributed by atoms with van der Waals surface area (Å²) in [7, 11) is 0. The zero-order valence-corrected chi connectivity index (χ0v) is 15.1. The van der Waals surface area contributed by atoms with E-state index in [2.05, 4.69) is 15.6 Å². The van der Waals surface area contributed by atoms with Crippen molar-refractivity contribution in [3.63, 3.8) is 0 Å². The molecule has 2 aromatic rings. The molecule has 0 radical (unpaired) electrons. The summed E-state index contributed by atoms with van der Waals surface area (Å²) in [5, 5.41) is 5.59. The second kappa shape index (κ2) is 7.88. The Morgan fingerprint density at radius 1 is 1.12 bits per heavy atom. The maximum Gasteiger partial charge on any atom is 0.412 e. The summed E-state index contributed by atoms with van der Waals surface area (Å²) in [6, 6.07) is 9.23. The van der Waals surface area contributed by atoms with E-state index in [1.54, 1.807) is 12.3 Å². The molecule has 6 nitrogen and oxygen atoms in total. The smallest absolute Gasteiger partial charge is 0.412 e. The van der Waals surface area contributed by atoms with Crippen LogP contribution in [0, 0.1) is 6.92 Å². The molecule has 0 saturated carbocycles. The van der Waals surface area contributed by atoms with Gasteiger partial charge in [-0.1, -0.05) is 12.1 Å². The first-order valence-electron chi connectivity index (χ1n) is 8.26. The number of aromatic nitrogens is 1. The summed E-state index contributed by atoms with van der Waals surface area (Å²) in [6.07, 6.45) is 1.98. The summed E-state index contributed by atoms with van der Waals surface area (Å²) in [5.74, 6) is -0.0815. The van der Waals surface area contributed by atoms with E-state index in [9.17, 15) is 9.59 Å². The molecular formula is C19H25N3O3. The van der Waals surface area contributed by atoms with E-state index in [0.29, 0.717) is 24.2 Å². The number of benzene rings is 1. The first-order valence-corrected chi connectivity index (χ1v) is 8.26. The Kier molecular flexibility index (Phi) is 5.85. The number of ether oxygens (including phenoxy) is 1. The summed E-state index contributed by atoms with van der Waals surface area (Å²) in [5.41, 5.74) is 2.73. The highest BCUT2D eigenvalue weighted by molar-refractivity contribution is 5.95. The topological polar surface area (TPSA) is 83.2 Å². The lowest BCUT2D eigenvalue weighted by Gasteiger charge is -2.19. The summed E-state index contributed by atoms with van der Waals surface area (Å²) < 4.78 is 5.21. The maximum atomic E-state index is 12.0. The predicted octanol–water partition coefficient (Wildman–Crippen LogP) is 3.64. The van der Waals surface area contributed by atoms with Gasteiger partial charge in [0.25, 0.3) is 5.91 Å². The van der Waals surface area contributed by atoms with Crippen molar-refractivity contribution < 1.29 is 14.3 Å². The number of hydrogen-bond acceptors (Lipinski definition) is 3. The van der Waals surface area contributed by atoms with Gasteiger partial charge >= 0.3 is 6.09 Å². The van der Waals surface area contributed by atoms with Crippen LogP contribution in [0.25, 0.3) is 0 Å². The number of rotatable bonds is 5. The molecule has 0 saturated heterocycles. The number of carbonyl (C=O) groups is 2. The molecule has 1 aromatic heterocycles. The molecule has 2 rings (SSSR count). The Morgan fingerprint density at radius 2 is 1.80 bits per heavy atom. The third-order valence-corrected chi connectivity index (χ3v) is 3.50. The molecular weight excluding hydrogens is 318 g/mol. The number of aromatic amines is 1. The molecule has 0 unspecified atom stereocenters. The first-order chi connectivity index (χ1) is 11.7. The molecule has 0 aliphatic heterocycles. The molecule has 1 heterocycles. The average molecular weight is 343 g/mol. The Balaban J connectivity index is 1.79. The van der Waals surface area contributed by atoms with Gasteiger partial charge in [0.15, 0.2) is 0 Å². The summed E-state index contributed by atoms with van der Waals surface area (Å²) >= 11 is 0. The van der Waals surface area contributed by atoms with Gasteiger partial charge in [0.2, 0.25) is 0 Å². The molecule has 25 heavy (non-hydrogen) atoms. The Labute approximate surface area is 148 Å². The summed E-state index contributed by atoms with van der Waals surface area (Å²) in [6.45, 7) is 7.87. The maximum absolute atomic E-state index is 12.0. The number of hydrogen-bond donors (Lipinski definition) is 3. The van der Waals surface area contributed by atoms with Gasteiger partial charge in [0.1, 0.15) is 5.60 Å². The first kappa shape index (κ1) is 18.6. The average Bonchev–Trinajstić information content (AvgIpc) is 2.93. The monoisotopic (exact) mass is 343 g/mol. The standard InChI is InChI=1S/C19H25N3O3/c1-13-16(10-12-20-13)17(23)21-11-9-14-5-7-15(8-6-14)22-18(24)25-19(2,3)4/h5-8,10,12,20H,9,11H2,1-4H3,(H,21,23)(H,22,24). The van der Waals surface area contributed by atoms with E-state index in [0.717, 1.165) is 11.3 Å². The predicted molar refractivity (Wildman–Crippen MR) is 97.9 cm³/mol. The van der Waals surface area contributed by atoms with Crippen LogP contribution < -0.4 is 10.6 Å². The molecule has 2 amide bonds. The van der Waals surface area contributed by atoms with Crippen LogP contribution in [0.1, 0.15) is 42.4 Å². The quantitative estimate of drug-likeness (QED) is 0.775. The van der Waals surface area contributed by atoms with Crippen molar-refractivity contribution in [2.75, 3.05) is 11.9 Å². The molecule has 0 bridgehead atoms. The highest BCUT2D eigenvalue weighted by Gasteiger charge is 2.16. The van der Waals surface area contributed by atoms with E-state index in [4.69, 9.17) is 4.74 Å². The summed E-state index contributed by atoms with van der Waals surface area (Å²) in [4.78, 5) is 26.7. The molecule has 1 aromatic carbocycles. The van der Waals surface area contributed by atoms with E-state index in [-0.39, 0.29) is 5.91 Å². The molecule has 6 heteroatoms. The fraction of sp³-hybridized carbons (Fsp3) is 0.368. The van der Waals surface area contributed by atoms with Gasteiger partial charge in [0, 0.05) is 24.1 Å². The lowest BCUT2D eigenvalue weighted by atomic mass is 10.1. The fourth-order valence-corrected chi connectivity index (χ4v) is 2.29. The van der Waals surface area contributed by atoms with Crippen LogP contribution in [0.15, 0.2) is 36.5 Å². The Bertz CT molecular complexity index is 727. The lowest BCUT2D eigenvalue weighted by Crippen LogP contribution is -2.27. The Hall–Kier alpha value is -2.76. The van der Waals surface area contributed by atoms with Crippen molar-refractivity contribution in [2.45, 2.75) is 39.7 Å². The third-order valence-electron chi connectivity index (χ3n) is 3.50. The van der Waals surface area contributed by atoms with Gasteiger partial charge in [0.05, 0.1) is 5.56 Å². The molecule has 0 atom stereocenters. The van der Waals surface area contributed by atoms with Crippen LogP contribution in [0.2, 0.25) is 0 Å². The minimum atomic E-state index is -0.528. The van der Waals surface area contributed by atoms with Crippen LogP contribution in [0.4, 0.5) is 10.5 Å².